The van der Waals surface area contributed by atoms with Gasteiger partial charge in [0.2, 0.25) is 0 Å². The first-order chi connectivity index (χ1) is 14.4. The van der Waals surface area contributed by atoms with Crippen molar-refractivity contribution in [1.82, 2.24) is 0 Å². The van der Waals surface area contributed by atoms with Crippen LogP contribution in [0, 0.1) is 0 Å². The molecule has 1 nitrogen and oxygen atoms in total. The molecular formula is C28H26O. The van der Waals surface area contributed by atoms with Crippen molar-refractivity contribution in [1.29, 1.82) is 0 Å². The van der Waals surface area contributed by atoms with E-state index in [1.807, 2.05) is 0 Å². The van der Waals surface area contributed by atoms with Crippen LogP contribution in [0.4, 0.5) is 0 Å². The van der Waals surface area contributed by atoms with Gasteiger partial charge in [-0.15, -0.1) is 0 Å². The van der Waals surface area contributed by atoms with Gasteiger partial charge in [-0.2, -0.15) is 0 Å². The Morgan fingerprint density at radius 2 is 0.897 bits per heavy atom. The predicted molar refractivity (Wildman–Crippen MR) is 117 cm³/mol. The highest BCUT2D eigenvalue weighted by Gasteiger charge is 2.64. The third-order valence-electron chi connectivity index (χ3n) is 7.17. The molecule has 2 unspecified atom stereocenters. The molecular weight excluding hydrogens is 352 g/mol. The van der Waals surface area contributed by atoms with Crippen LogP contribution < -0.4 is 0 Å². The second kappa shape index (κ2) is 6.43. The van der Waals surface area contributed by atoms with E-state index in [0.29, 0.717) is 0 Å². The summed E-state index contributed by atoms with van der Waals surface area (Å²) in [6, 6.07) is 30.8. The lowest BCUT2D eigenvalue weighted by Gasteiger charge is -2.34. The molecule has 2 atom stereocenters. The Bertz CT molecular complexity index is 995. The molecule has 1 heteroatoms. The smallest absolute Gasteiger partial charge is 0.142 e. The third-order valence-corrected chi connectivity index (χ3v) is 7.17. The van der Waals surface area contributed by atoms with E-state index < -0.39 is 11.2 Å². The molecule has 0 saturated heterocycles. The van der Waals surface area contributed by atoms with E-state index in [9.17, 15) is 0 Å². The van der Waals surface area contributed by atoms with Crippen molar-refractivity contribution in [3.63, 3.8) is 0 Å². The molecule has 0 radical (unpaired) electrons. The van der Waals surface area contributed by atoms with Gasteiger partial charge < -0.3 is 4.74 Å². The Balaban J connectivity index is 1.72. The Labute approximate surface area is 173 Å². The highest BCUT2D eigenvalue weighted by molar-refractivity contribution is 5.67. The van der Waals surface area contributed by atoms with E-state index in [1.54, 1.807) is 0 Å². The molecule has 0 N–H and O–H groups in total. The summed E-state index contributed by atoms with van der Waals surface area (Å²) in [6.45, 7) is 0. The minimum Gasteiger partial charge on any atom is -0.341 e. The van der Waals surface area contributed by atoms with Crippen LogP contribution in [0.2, 0.25) is 0 Å². The standard InChI is InChI=1S/C28H26O/c1-2-10-18-24-23(17-9-1)27(21-13-5-3-6-14-21)25-19-11-12-20-26(25)28(24,29-27)22-15-7-4-8-16-22/h3-8,11-16,19-20H,1-2,9-10,17-18H2. The molecule has 3 aromatic rings. The van der Waals surface area contributed by atoms with E-state index in [1.165, 1.54) is 59.1 Å². The lowest BCUT2D eigenvalue weighted by atomic mass is 9.65. The molecule has 1 aliphatic carbocycles. The zero-order valence-corrected chi connectivity index (χ0v) is 16.7. The summed E-state index contributed by atoms with van der Waals surface area (Å²) >= 11 is 0. The minimum atomic E-state index is -0.444. The maximum absolute atomic E-state index is 7.37. The SMILES string of the molecule is c1ccc(C23OC(c4ccccc4)(C4=C2CCCCCC4)c2ccccc23)cc1. The van der Waals surface area contributed by atoms with Gasteiger partial charge in [-0.05, 0) is 59.1 Å². The van der Waals surface area contributed by atoms with Gasteiger partial charge in [-0.1, -0.05) is 97.8 Å². The highest BCUT2D eigenvalue weighted by Crippen LogP contribution is 2.67. The number of fused-ring (bicyclic) bond motifs is 7. The van der Waals surface area contributed by atoms with E-state index in [0.717, 1.165) is 12.8 Å². The maximum Gasteiger partial charge on any atom is 0.142 e. The maximum atomic E-state index is 7.37. The monoisotopic (exact) mass is 378 g/mol. The molecule has 3 aliphatic rings. The van der Waals surface area contributed by atoms with Crippen molar-refractivity contribution >= 4 is 0 Å². The largest absolute Gasteiger partial charge is 0.341 e. The van der Waals surface area contributed by atoms with Crippen molar-refractivity contribution in [3.05, 3.63) is 118 Å². The molecule has 29 heavy (non-hydrogen) atoms. The van der Waals surface area contributed by atoms with Gasteiger partial charge in [0.05, 0.1) is 0 Å². The van der Waals surface area contributed by atoms with E-state index >= 15 is 0 Å². The van der Waals surface area contributed by atoms with E-state index in [-0.39, 0.29) is 0 Å². The quantitative estimate of drug-likeness (QED) is 0.442. The van der Waals surface area contributed by atoms with E-state index in [4.69, 9.17) is 4.74 Å². The number of hydrogen-bond acceptors (Lipinski definition) is 1. The highest BCUT2D eigenvalue weighted by atomic mass is 16.5. The summed E-state index contributed by atoms with van der Waals surface area (Å²) in [5.41, 5.74) is 7.41. The molecule has 0 amide bonds. The first-order valence-corrected chi connectivity index (χ1v) is 11.0. The fourth-order valence-corrected chi connectivity index (χ4v) is 6.04. The van der Waals surface area contributed by atoms with Crippen LogP contribution in [0.1, 0.15) is 60.8 Å². The van der Waals surface area contributed by atoms with Crippen LogP contribution in [0.3, 0.4) is 0 Å². The fourth-order valence-electron chi connectivity index (χ4n) is 6.04. The van der Waals surface area contributed by atoms with Gasteiger partial charge in [0.15, 0.2) is 0 Å². The van der Waals surface area contributed by atoms with Crippen LogP contribution in [-0.2, 0) is 15.9 Å². The topological polar surface area (TPSA) is 9.23 Å². The Morgan fingerprint density at radius 3 is 1.34 bits per heavy atom. The minimum absolute atomic E-state index is 0.444. The Morgan fingerprint density at radius 1 is 0.483 bits per heavy atom. The molecule has 0 spiro atoms. The predicted octanol–water partition coefficient (Wildman–Crippen LogP) is 6.87. The molecule has 0 fully saturated rings. The Hall–Kier alpha value is -2.64. The number of ether oxygens (including phenoxy) is 1. The van der Waals surface area contributed by atoms with Crippen LogP contribution in [0.25, 0.3) is 0 Å². The van der Waals surface area contributed by atoms with Gasteiger partial charge in [0, 0.05) is 0 Å². The average molecular weight is 379 g/mol. The summed E-state index contributed by atoms with van der Waals surface area (Å²) in [6.07, 6.45) is 7.41. The van der Waals surface area contributed by atoms with Gasteiger partial charge in [-0.3, -0.25) is 0 Å². The van der Waals surface area contributed by atoms with Gasteiger partial charge in [-0.25, -0.2) is 0 Å². The second-order valence-electron chi connectivity index (χ2n) is 8.61. The van der Waals surface area contributed by atoms with Crippen LogP contribution >= 0.6 is 0 Å². The zero-order valence-electron chi connectivity index (χ0n) is 16.7. The first-order valence-electron chi connectivity index (χ1n) is 11.0. The summed E-state index contributed by atoms with van der Waals surface area (Å²) in [5, 5.41) is 0. The van der Waals surface area contributed by atoms with Crippen LogP contribution in [0.15, 0.2) is 96.1 Å². The first kappa shape index (κ1) is 17.2. The second-order valence-corrected chi connectivity index (χ2v) is 8.61. The third kappa shape index (κ3) is 2.20. The zero-order chi connectivity index (χ0) is 19.3. The molecule has 2 bridgehead atoms. The van der Waals surface area contributed by atoms with Crippen molar-refractivity contribution < 1.29 is 4.74 Å². The number of hydrogen-bond donors (Lipinski definition) is 0. The summed E-state index contributed by atoms with van der Waals surface area (Å²) in [4.78, 5) is 0. The molecule has 0 saturated carbocycles. The number of rotatable bonds is 2. The van der Waals surface area contributed by atoms with Gasteiger partial charge in [0.25, 0.3) is 0 Å². The molecule has 144 valence electrons. The molecule has 2 aliphatic heterocycles. The lowest BCUT2D eigenvalue weighted by molar-refractivity contribution is -0.0342. The summed E-state index contributed by atoms with van der Waals surface area (Å²) in [5.74, 6) is 0. The van der Waals surface area contributed by atoms with Crippen molar-refractivity contribution in [2.45, 2.75) is 49.7 Å². The van der Waals surface area contributed by atoms with Gasteiger partial charge in [0.1, 0.15) is 11.2 Å². The average Bonchev–Trinajstić information content (AvgIpc) is 3.23. The summed E-state index contributed by atoms with van der Waals surface area (Å²) < 4.78 is 7.37. The molecule has 0 aromatic heterocycles. The van der Waals surface area contributed by atoms with Gasteiger partial charge >= 0.3 is 0 Å². The lowest BCUT2D eigenvalue weighted by Crippen LogP contribution is -2.28. The van der Waals surface area contributed by atoms with E-state index in [2.05, 4.69) is 84.9 Å². The molecule has 3 aromatic carbocycles. The Kier molecular flexibility index (Phi) is 3.82. The normalized spacial score (nSPS) is 27.9. The fraction of sp³-hybridized carbons (Fsp3) is 0.286. The van der Waals surface area contributed by atoms with Crippen LogP contribution in [-0.4, -0.2) is 0 Å². The molecule has 2 heterocycles. The summed E-state index contributed by atoms with van der Waals surface area (Å²) in [7, 11) is 0. The number of benzene rings is 3. The van der Waals surface area contributed by atoms with Crippen molar-refractivity contribution in [2.24, 2.45) is 0 Å². The van der Waals surface area contributed by atoms with Crippen molar-refractivity contribution in [2.75, 3.05) is 0 Å². The van der Waals surface area contributed by atoms with Crippen molar-refractivity contribution in [3.8, 4) is 0 Å². The van der Waals surface area contributed by atoms with Crippen LogP contribution in [0.5, 0.6) is 0 Å². The molecule has 6 rings (SSSR count).